The number of carbonyl (C=O) groups excluding carboxylic acids is 1. The summed E-state index contributed by atoms with van der Waals surface area (Å²) in [6, 6.07) is 20.8. The Balaban J connectivity index is 1.39. The first-order valence-electron chi connectivity index (χ1n) is 12.3. The Morgan fingerprint density at radius 2 is 1.81 bits per heavy atom. The first-order valence-corrected chi connectivity index (χ1v) is 12.7. The lowest BCUT2D eigenvalue weighted by Gasteiger charge is -2.14. The highest BCUT2D eigenvalue weighted by Crippen LogP contribution is 2.28. The van der Waals surface area contributed by atoms with Crippen molar-refractivity contribution in [1.29, 1.82) is 0 Å². The maximum Gasteiger partial charge on any atom is 0.257 e. The van der Waals surface area contributed by atoms with Crippen LogP contribution in [0.15, 0.2) is 71.1 Å². The Morgan fingerprint density at radius 1 is 1.03 bits per heavy atom. The Kier molecular flexibility index (Phi) is 8.00. The fourth-order valence-corrected chi connectivity index (χ4v) is 3.88. The molecule has 0 aliphatic carbocycles. The van der Waals surface area contributed by atoms with Gasteiger partial charge in [-0.1, -0.05) is 32.9 Å². The molecule has 4 aromatic rings. The minimum Gasteiger partial charge on any atom is -0.491 e. The van der Waals surface area contributed by atoms with E-state index in [0.717, 1.165) is 35.2 Å². The Morgan fingerprint density at radius 3 is 2.53 bits per heavy atom. The normalized spacial score (nSPS) is 12.7. The average molecular weight is 502 g/mol. The van der Waals surface area contributed by atoms with Crippen LogP contribution in [0.4, 0.5) is 5.69 Å². The summed E-state index contributed by atoms with van der Waals surface area (Å²) in [4.78, 5) is 17.3. The van der Waals surface area contributed by atoms with Crippen LogP contribution in [0.1, 0.15) is 62.4 Å². The van der Waals surface area contributed by atoms with Gasteiger partial charge in [0.25, 0.3) is 5.91 Å². The number of nitrogens with one attached hydrogen (secondary N) is 2. The Bertz CT molecular complexity index is 1360. The highest BCUT2D eigenvalue weighted by Gasteiger charge is 2.13. The zero-order chi connectivity index (χ0) is 25.7. The molecule has 1 aromatic heterocycles. The van der Waals surface area contributed by atoms with Crippen molar-refractivity contribution in [2.45, 2.75) is 52.6 Å². The van der Waals surface area contributed by atoms with Gasteiger partial charge in [0.1, 0.15) is 11.3 Å². The molecule has 0 bridgehead atoms. The van der Waals surface area contributed by atoms with Crippen LogP contribution in [-0.4, -0.2) is 22.1 Å². The number of hydrogen-bond acceptors (Lipinski definition) is 5. The third-order valence-electron chi connectivity index (χ3n) is 6.22. The second kappa shape index (κ2) is 11.4. The molecule has 0 aliphatic rings. The predicted octanol–water partition coefficient (Wildman–Crippen LogP) is 7.31. The predicted molar refractivity (Wildman–Crippen MR) is 149 cm³/mol. The molecule has 1 amide bonds. The third-order valence-corrected chi connectivity index (χ3v) is 6.42. The molecule has 6 nitrogen and oxygen atoms in total. The summed E-state index contributed by atoms with van der Waals surface area (Å²) in [5.41, 5.74) is 4.95. The molecule has 0 unspecified atom stereocenters. The van der Waals surface area contributed by atoms with Crippen molar-refractivity contribution in [3.05, 3.63) is 77.9 Å². The van der Waals surface area contributed by atoms with E-state index < -0.39 is 0 Å². The smallest absolute Gasteiger partial charge is 0.257 e. The van der Waals surface area contributed by atoms with Gasteiger partial charge in [-0.05, 0) is 98.1 Å². The average Bonchev–Trinajstić information content (AvgIpc) is 3.32. The van der Waals surface area contributed by atoms with Crippen LogP contribution in [0.3, 0.4) is 0 Å². The van der Waals surface area contributed by atoms with Crippen LogP contribution in [-0.2, 0) is 0 Å². The van der Waals surface area contributed by atoms with Gasteiger partial charge < -0.3 is 14.5 Å². The van der Waals surface area contributed by atoms with Crippen LogP contribution >= 0.6 is 12.2 Å². The van der Waals surface area contributed by atoms with Crippen LogP contribution in [0.25, 0.3) is 22.6 Å². The second-order valence-corrected chi connectivity index (χ2v) is 9.31. The van der Waals surface area contributed by atoms with E-state index in [1.807, 2.05) is 43.3 Å². The summed E-state index contributed by atoms with van der Waals surface area (Å²) in [7, 11) is 0. The summed E-state index contributed by atoms with van der Waals surface area (Å²) in [6.07, 6.45) is 2.03. The van der Waals surface area contributed by atoms with Gasteiger partial charge in [-0.15, -0.1) is 0 Å². The zero-order valence-corrected chi connectivity index (χ0v) is 21.8. The molecular formula is C29H31N3O3S. The largest absolute Gasteiger partial charge is 0.491 e. The van der Waals surface area contributed by atoms with Crippen molar-refractivity contribution < 1.29 is 13.9 Å². The van der Waals surface area contributed by atoms with Gasteiger partial charge in [0.05, 0.1) is 6.10 Å². The molecule has 0 aliphatic heterocycles. The van der Waals surface area contributed by atoms with E-state index in [4.69, 9.17) is 21.4 Å². The van der Waals surface area contributed by atoms with Crippen molar-refractivity contribution >= 4 is 40.0 Å². The molecule has 1 heterocycles. The maximum absolute atomic E-state index is 12.6. The number of fused-ring (bicyclic) bond motifs is 1. The molecule has 4 rings (SSSR count). The molecule has 2 atom stereocenters. The van der Waals surface area contributed by atoms with E-state index in [1.54, 1.807) is 18.2 Å². The van der Waals surface area contributed by atoms with Crippen molar-refractivity contribution in [2.75, 3.05) is 5.32 Å². The van der Waals surface area contributed by atoms with E-state index in [2.05, 4.69) is 48.5 Å². The standard InChI is InChI=1S/C29H31N3O3S/c1-5-18(3)21-12-15-26-25(17-21)31-28(35-26)20-10-13-23(14-11-20)30-29(36)32-27(33)22-8-7-9-24(16-22)34-19(4)6-2/h7-19H,5-6H2,1-4H3,(H2,30,32,33,36)/t18-,19-/m1/s1. The lowest BCUT2D eigenvalue weighted by molar-refractivity contribution is 0.0977. The van der Waals surface area contributed by atoms with Gasteiger partial charge in [-0.3, -0.25) is 10.1 Å². The highest BCUT2D eigenvalue weighted by molar-refractivity contribution is 7.80. The zero-order valence-electron chi connectivity index (χ0n) is 21.0. The molecule has 0 saturated heterocycles. The molecule has 0 radical (unpaired) electrons. The number of ether oxygens (including phenoxy) is 1. The van der Waals surface area contributed by atoms with Crippen LogP contribution in [0.2, 0.25) is 0 Å². The fourth-order valence-electron chi connectivity index (χ4n) is 3.67. The quantitative estimate of drug-likeness (QED) is 0.247. The molecular weight excluding hydrogens is 470 g/mol. The summed E-state index contributed by atoms with van der Waals surface area (Å²) in [5, 5.41) is 5.97. The van der Waals surface area contributed by atoms with Crippen molar-refractivity contribution in [3.8, 4) is 17.2 Å². The van der Waals surface area contributed by atoms with Gasteiger partial charge in [0.15, 0.2) is 10.7 Å². The minimum atomic E-state index is -0.304. The van der Waals surface area contributed by atoms with Crippen LogP contribution in [0, 0.1) is 0 Å². The van der Waals surface area contributed by atoms with E-state index >= 15 is 0 Å². The molecule has 7 heteroatoms. The SMILES string of the molecule is CC[C@@H](C)Oc1cccc(C(=O)NC(=S)Nc2ccc(-c3nc4cc([C@H](C)CC)ccc4o3)cc2)c1. The van der Waals surface area contributed by atoms with Gasteiger partial charge in [-0.2, -0.15) is 0 Å². The number of aromatic nitrogens is 1. The first kappa shape index (κ1) is 25.4. The number of thiocarbonyl (C=S) groups is 1. The number of amides is 1. The molecule has 2 N–H and O–H groups in total. The van der Waals surface area contributed by atoms with Crippen LogP contribution < -0.4 is 15.4 Å². The van der Waals surface area contributed by atoms with E-state index in [-0.39, 0.29) is 17.1 Å². The van der Waals surface area contributed by atoms with Crippen molar-refractivity contribution in [3.63, 3.8) is 0 Å². The first-order chi connectivity index (χ1) is 17.4. The lowest BCUT2D eigenvalue weighted by atomic mass is 9.98. The molecule has 0 saturated carbocycles. The number of nitrogens with zero attached hydrogens (tertiary/aromatic N) is 1. The topological polar surface area (TPSA) is 76.4 Å². The summed E-state index contributed by atoms with van der Waals surface area (Å²) < 4.78 is 11.8. The van der Waals surface area contributed by atoms with Crippen LogP contribution in [0.5, 0.6) is 5.75 Å². The van der Waals surface area contributed by atoms with Gasteiger partial charge >= 0.3 is 0 Å². The molecule has 3 aromatic carbocycles. The molecule has 36 heavy (non-hydrogen) atoms. The number of rotatable bonds is 8. The Labute approximate surface area is 217 Å². The molecule has 0 fully saturated rings. The lowest BCUT2D eigenvalue weighted by Crippen LogP contribution is -2.34. The van der Waals surface area contributed by atoms with E-state index in [0.29, 0.717) is 23.1 Å². The fraction of sp³-hybridized carbons (Fsp3) is 0.276. The number of benzene rings is 3. The molecule has 186 valence electrons. The van der Waals surface area contributed by atoms with Gasteiger partial charge in [-0.25, -0.2) is 4.98 Å². The second-order valence-electron chi connectivity index (χ2n) is 8.91. The number of hydrogen-bond donors (Lipinski definition) is 2. The minimum absolute atomic E-state index is 0.0750. The van der Waals surface area contributed by atoms with Crippen molar-refractivity contribution in [1.82, 2.24) is 10.3 Å². The van der Waals surface area contributed by atoms with E-state index in [1.165, 1.54) is 5.56 Å². The van der Waals surface area contributed by atoms with Crippen molar-refractivity contribution in [2.24, 2.45) is 0 Å². The monoisotopic (exact) mass is 501 g/mol. The number of anilines is 1. The molecule has 0 spiro atoms. The maximum atomic E-state index is 12.6. The highest BCUT2D eigenvalue weighted by atomic mass is 32.1. The third kappa shape index (κ3) is 6.10. The number of oxazole rings is 1. The summed E-state index contributed by atoms with van der Waals surface area (Å²) in [6.45, 7) is 8.43. The Hall–Kier alpha value is -3.71. The summed E-state index contributed by atoms with van der Waals surface area (Å²) in [5.74, 6) is 1.39. The summed E-state index contributed by atoms with van der Waals surface area (Å²) >= 11 is 5.34. The van der Waals surface area contributed by atoms with Gasteiger partial charge in [0, 0.05) is 16.8 Å². The van der Waals surface area contributed by atoms with Gasteiger partial charge in [0.2, 0.25) is 5.89 Å². The number of carbonyl (C=O) groups is 1. The van der Waals surface area contributed by atoms with E-state index in [9.17, 15) is 4.79 Å².